The van der Waals surface area contributed by atoms with Crippen LogP contribution in [0.2, 0.25) is 0 Å². The van der Waals surface area contributed by atoms with E-state index in [-0.39, 0.29) is 22.9 Å². The molecule has 0 atom stereocenters. The van der Waals surface area contributed by atoms with Crippen molar-refractivity contribution in [3.05, 3.63) is 89.7 Å². The summed E-state index contributed by atoms with van der Waals surface area (Å²) in [5.41, 5.74) is 4.37. The molecule has 0 aliphatic carbocycles. The third kappa shape index (κ3) is 13.1. The van der Waals surface area contributed by atoms with Crippen LogP contribution in [0.1, 0.15) is 108 Å². The number of amides is 1. The third-order valence-corrected chi connectivity index (χ3v) is 7.29. The minimum atomic E-state index is 0. The molecule has 2 aromatic carbocycles. The Balaban J connectivity index is 0.00000560. The predicted octanol–water partition coefficient (Wildman–Crippen LogP) is 9.88. The molecule has 0 bridgehead atoms. The van der Waals surface area contributed by atoms with Gasteiger partial charge in [0.15, 0.2) is 0 Å². The van der Waals surface area contributed by atoms with E-state index in [9.17, 15) is 4.79 Å². The van der Waals surface area contributed by atoms with Crippen molar-refractivity contribution in [3.63, 3.8) is 0 Å². The van der Waals surface area contributed by atoms with Gasteiger partial charge in [-0.2, -0.15) is 0 Å². The number of benzene rings is 2. The molecular formula is C35H49BrN2O2. The van der Waals surface area contributed by atoms with Gasteiger partial charge < -0.3 is 9.64 Å². The summed E-state index contributed by atoms with van der Waals surface area (Å²) >= 11 is 0. The number of nitrogens with zero attached hydrogens (tertiary/aromatic N) is 2. The van der Waals surface area contributed by atoms with Crippen molar-refractivity contribution in [1.82, 2.24) is 4.98 Å². The minimum absolute atomic E-state index is 0. The Morgan fingerprint density at radius 3 is 1.85 bits per heavy atom. The largest absolute Gasteiger partial charge is 0.494 e. The Labute approximate surface area is 253 Å². The van der Waals surface area contributed by atoms with Gasteiger partial charge in [0.2, 0.25) is 5.91 Å². The van der Waals surface area contributed by atoms with E-state index in [0.717, 1.165) is 36.4 Å². The van der Waals surface area contributed by atoms with Crippen LogP contribution in [-0.2, 0) is 17.8 Å². The maximum absolute atomic E-state index is 12.4. The van der Waals surface area contributed by atoms with E-state index in [1.165, 1.54) is 81.8 Å². The summed E-state index contributed by atoms with van der Waals surface area (Å²) in [5, 5.41) is 0. The summed E-state index contributed by atoms with van der Waals surface area (Å²) in [6.07, 6.45) is 20.7. The van der Waals surface area contributed by atoms with Crippen LogP contribution < -0.4 is 9.64 Å². The SMILES string of the molecule is Br.CCCCCCCCCCCCCCOc1ccc(CN(C(C)=O)c2ccc(Cc3cccnc3)cc2)cc1. The van der Waals surface area contributed by atoms with E-state index >= 15 is 0 Å². The van der Waals surface area contributed by atoms with Crippen molar-refractivity contribution in [2.75, 3.05) is 11.5 Å². The first-order valence-electron chi connectivity index (χ1n) is 15.1. The Morgan fingerprint density at radius 2 is 1.30 bits per heavy atom. The quantitative estimate of drug-likeness (QED) is 0.127. The molecule has 4 nitrogen and oxygen atoms in total. The van der Waals surface area contributed by atoms with Gasteiger partial charge in [0, 0.05) is 25.0 Å². The highest BCUT2D eigenvalue weighted by Gasteiger charge is 2.12. The first-order valence-corrected chi connectivity index (χ1v) is 15.1. The lowest BCUT2D eigenvalue weighted by Gasteiger charge is -2.22. The molecule has 1 heterocycles. The van der Waals surface area contributed by atoms with Crippen molar-refractivity contribution in [3.8, 4) is 5.75 Å². The topological polar surface area (TPSA) is 42.4 Å². The molecule has 218 valence electrons. The van der Waals surface area contributed by atoms with Gasteiger partial charge in [-0.1, -0.05) is 108 Å². The smallest absolute Gasteiger partial charge is 0.224 e. The minimum Gasteiger partial charge on any atom is -0.494 e. The van der Waals surface area contributed by atoms with Crippen LogP contribution >= 0.6 is 17.0 Å². The number of pyridine rings is 1. The first kappa shape index (κ1) is 33.5. The van der Waals surface area contributed by atoms with E-state index < -0.39 is 0 Å². The molecule has 3 rings (SSSR count). The number of carbonyl (C=O) groups is 1. The third-order valence-electron chi connectivity index (χ3n) is 7.29. The van der Waals surface area contributed by atoms with E-state index in [1.54, 1.807) is 13.1 Å². The highest BCUT2D eigenvalue weighted by Crippen LogP contribution is 2.21. The van der Waals surface area contributed by atoms with Crippen LogP contribution in [0.25, 0.3) is 0 Å². The predicted molar refractivity (Wildman–Crippen MR) is 174 cm³/mol. The Morgan fingerprint density at radius 1 is 0.725 bits per heavy atom. The molecule has 40 heavy (non-hydrogen) atoms. The lowest BCUT2D eigenvalue weighted by atomic mass is 10.1. The molecule has 0 spiro atoms. The average molecular weight is 610 g/mol. The summed E-state index contributed by atoms with van der Waals surface area (Å²) in [6, 6.07) is 20.4. The van der Waals surface area contributed by atoms with Crippen molar-refractivity contribution in [1.29, 1.82) is 0 Å². The van der Waals surface area contributed by atoms with Crippen molar-refractivity contribution >= 4 is 28.6 Å². The van der Waals surface area contributed by atoms with Crippen molar-refractivity contribution < 1.29 is 9.53 Å². The van der Waals surface area contributed by atoms with Gasteiger partial charge in [0.1, 0.15) is 5.75 Å². The van der Waals surface area contributed by atoms with Crippen LogP contribution in [0.5, 0.6) is 5.75 Å². The maximum Gasteiger partial charge on any atom is 0.224 e. The Kier molecular flexibility index (Phi) is 17.0. The second kappa shape index (κ2) is 20.3. The molecule has 1 aromatic heterocycles. The van der Waals surface area contributed by atoms with Crippen LogP contribution in [-0.4, -0.2) is 17.5 Å². The van der Waals surface area contributed by atoms with Gasteiger partial charge in [-0.05, 0) is 59.9 Å². The number of unbranched alkanes of at least 4 members (excludes halogenated alkanes) is 11. The lowest BCUT2D eigenvalue weighted by Crippen LogP contribution is -2.27. The number of rotatable bonds is 19. The van der Waals surface area contributed by atoms with E-state index in [1.807, 2.05) is 41.4 Å². The zero-order chi connectivity index (χ0) is 27.5. The number of hydrogen-bond donors (Lipinski definition) is 0. The summed E-state index contributed by atoms with van der Waals surface area (Å²) in [5.74, 6) is 0.929. The zero-order valence-electron chi connectivity index (χ0n) is 24.7. The van der Waals surface area contributed by atoms with Gasteiger partial charge in [-0.15, -0.1) is 17.0 Å². The number of carbonyl (C=O) groups excluding carboxylic acids is 1. The van der Waals surface area contributed by atoms with Gasteiger partial charge in [-0.3, -0.25) is 9.78 Å². The normalized spacial score (nSPS) is 10.7. The molecular weight excluding hydrogens is 560 g/mol. The highest BCUT2D eigenvalue weighted by molar-refractivity contribution is 8.93. The average Bonchev–Trinajstić information content (AvgIpc) is 2.96. The van der Waals surface area contributed by atoms with Gasteiger partial charge in [0.05, 0.1) is 13.2 Å². The molecule has 0 unspecified atom stereocenters. The van der Waals surface area contributed by atoms with Crippen LogP contribution in [0.4, 0.5) is 5.69 Å². The van der Waals surface area contributed by atoms with E-state index in [0.29, 0.717) is 6.54 Å². The second-order valence-electron chi connectivity index (χ2n) is 10.7. The number of halogens is 1. The number of ether oxygens (including phenoxy) is 1. The molecule has 1 amide bonds. The van der Waals surface area contributed by atoms with Gasteiger partial charge >= 0.3 is 0 Å². The summed E-state index contributed by atoms with van der Waals surface area (Å²) in [4.78, 5) is 18.4. The van der Waals surface area contributed by atoms with E-state index in [4.69, 9.17) is 4.74 Å². The molecule has 0 radical (unpaired) electrons. The van der Waals surface area contributed by atoms with Crippen LogP contribution in [0.3, 0.4) is 0 Å². The summed E-state index contributed by atoms with van der Waals surface area (Å²) in [6.45, 7) is 5.20. The van der Waals surface area contributed by atoms with E-state index in [2.05, 4.69) is 42.2 Å². The molecule has 0 N–H and O–H groups in total. The Bertz CT molecular complexity index is 1060. The number of hydrogen-bond acceptors (Lipinski definition) is 3. The highest BCUT2D eigenvalue weighted by atomic mass is 79.9. The van der Waals surface area contributed by atoms with Gasteiger partial charge in [-0.25, -0.2) is 0 Å². The fourth-order valence-corrected chi connectivity index (χ4v) is 4.92. The second-order valence-corrected chi connectivity index (χ2v) is 10.7. The number of aromatic nitrogens is 1. The zero-order valence-corrected chi connectivity index (χ0v) is 26.4. The molecule has 5 heteroatoms. The molecule has 0 aliphatic rings. The summed E-state index contributed by atoms with van der Waals surface area (Å²) < 4.78 is 5.97. The lowest BCUT2D eigenvalue weighted by molar-refractivity contribution is -0.116. The molecule has 3 aromatic rings. The Hall–Kier alpha value is -2.66. The first-order chi connectivity index (χ1) is 19.2. The standard InChI is InChI=1S/C35H48N2O2.BrH/c1-3-4-5-6-7-8-9-10-11-12-13-14-26-39-35-23-19-32(20-24-35)29-37(30(2)38)34-21-17-31(18-22-34)27-33-16-15-25-36-28-33;/h15-25,28H,3-14,26-27,29H2,1-2H3;1H. The molecule has 0 saturated carbocycles. The fourth-order valence-electron chi connectivity index (χ4n) is 4.92. The molecule has 0 fully saturated rings. The summed E-state index contributed by atoms with van der Waals surface area (Å²) in [7, 11) is 0. The van der Waals surface area contributed by atoms with Crippen molar-refractivity contribution in [2.24, 2.45) is 0 Å². The molecule has 0 saturated heterocycles. The molecule has 0 aliphatic heterocycles. The maximum atomic E-state index is 12.4. The van der Waals surface area contributed by atoms with Gasteiger partial charge in [0.25, 0.3) is 0 Å². The van der Waals surface area contributed by atoms with Crippen molar-refractivity contribution in [2.45, 2.75) is 104 Å². The van der Waals surface area contributed by atoms with Crippen LogP contribution in [0.15, 0.2) is 73.1 Å². The fraction of sp³-hybridized carbons (Fsp3) is 0.486. The number of anilines is 1. The monoisotopic (exact) mass is 608 g/mol. The van der Waals surface area contributed by atoms with Crippen LogP contribution in [0, 0.1) is 0 Å².